The average Bonchev–Trinajstić information content (AvgIpc) is 2.38. The molecule has 104 valence electrons. The molecule has 1 saturated heterocycles. The molecule has 1 heterocycles. The molecule has 2 atom stereocenters. The van der Waals surface area contributed by atoms with Gasteiger partial charge in [-0.05, 0) is 46.5 Å². The molecule has 1 fully saturated rings. The van der Waals surface area contributed by atoms with Crippen molar-refractivity contribution in [3.05, 3.63) is 33.3 Å². The molecule has 1 aromatic rings. The van der Waals surface area contributed by atoms with Crippen molar-refractivity contribution in [2.24, 2.45) is 5.92 Å². The Morgan fingerprint density at radius 2 is 2.26 bits per heavy atom. The van der Waals surface area contributed by atoms with Crippen molar-refractivity contribution in [1.82, 2.24) is 4.90 Å². The van der Waals surface area contributed by atoms with Crippen molar-refractivity contribution in [3.8, 4) is 0 Å². The summed E-state index contributed by atoms with van der Waals surface area (Å²) in [5, 5.41) is 0.616. The number of rotatable bonds is 2. The standard InChI is InChI=1S/C14H17BrClNO2/c1-9-5-6-17(8-13(9)19-2)14(18)11-4-3-10(16)7-12(11)15/h3-4,7,9,13H,5-6,8H2,1-2H3. The number of piperidine rings is 1. The lowest BCUT2D eigenvalue weighted by atomic mass is 9.95. The number of hydrogen-bond donors (Lipinski definition) is 0. The highest BCUT2D eigenvalue weighted by atomic mass is 79.9. The maximum absolute atomic E-state index is 12.5. The van der Waals surface area contributed by atoms with E-state index < -0.39 is 0 Å². The van der Waals surface area contributed by atoms with Crippen LogP contribution in [-0.4, -0.2) is 37.1 Å². The predicted molar refractivity (Wildman–Crippen MR) is 79.6 cm³/mol. The summed E-state index contributed by atoms with van der Waals surface area (Å²) in [6.07, 6.45) is 1.08. The molecule has 1 aliphatic heterocycles. The van der Waals surface area contributed by atoms with E-state index in [2.05, 4.69) is 22.9 Å². The summed E-state index contributed by atoms with van der Waals surface area (Å²) in [6.45, 7) is 3.58. The van der Waals surface area contributed by atoms with Gasteiger partial charge in [0.05, 0.1) is 11.7 Å². The zero-order valence-corrected chi connectivity index (χ0v) is 13.4. The van der Waals surface area contributed by atoms with Crippen molar-refractivity contribution in [1.29, 1.82) is 0 Å². The summed E-state index contributed by atoms with van der Waals surface area (Å²) in [5.74, 6) is 0.514. The molecule has 1 amide bonds. The second-order valence-electron chi connectivity index (χ2n) is 4.92. The van der Waals surface area contributed by atoms with Gasteiger partial charge >= 0.3 is 0 Å². The lowest BCUT2D eigenvalue weighted by Crippen LogP contribution is -2.46. The third-order valence-electron chi connectivity index (χ3n) is 3.64. The third kappa shape index (κ3) is 3.30. The summed E-state index contributed by atoms with van der Waals surface area (Å²) in [5.41, 5.74) is 0.647. The van der Waals surface area contributed by atoms with Gasteiger partial charge in [0.2, 0.25) is 0 Å². The quantitative estimate of drug-likeness (QED) is 0.819. The van der Waals surface area contributed by atoms with Gasteiger partial charge in [0.25, 0.3) is 5.91 Å². The third-order valence-corrected chi connectivity index (χ3v) is 4.53. The molecule has 0 aliphatic carbocycles. The molecule has 0 aromatic heterocycles. The molecule has 5 heteroatoms. The van der Waals surface area contributed by atoms with Gasteiger partial charge in [0.15, 0.2) is 0 Å². The van der Waals surface area contributed by atoms with Crippen LogP contribution in [0.3, 0.4) is 0 Å². The highest BCUT2D eigenvalue weighted by Crippen LogP contribution is 2.26. The molecule has 0 saturated carbocycles. The van der Waals surface area contributed by atoms with Crippen molar-refractivity contribution in [3.63, 3.8) is 0 Å². The van der Waals surface area contributed by atoms with Gasteiger partial charge in [-0.2, -0.15) is 0 Å². The first-order chi connectivity index (χ1) is 9.02. The lowest BCUT2D eigenvalue weighted by Gasteiger charge is -2.36. The molecule has 2 unspecified atom stereocenters. The van der Waals surface area contributed by atoms with E-state index >= 15 is 0 Å². The van der Waals surface area contributed by atoms with E-state index in [-0.39, 0.29) is 12.0 Å². The number of ether oxygens (including phenoxy) is 1. The van der Waals surface area contributed by atoms with E-state index in [1.54, 1.807) is 25.3 Å². The molecular formula is C14H17BrClNO2. The molecule has 0 radical (unpaired) electrons. The maximum atomic E-state index is 12.5. The normalized spacial score (nSPS) is 23.5. The lowest BCUT2D eigenvalue weighted by molar-refractivity contribution is -0.00159. The number of hydrogen-bond acceptors (Lipinski definition) is 2. The van der Waals surface area contributed by atoms with Gasteiger partial charge in [-0.3, -0.25) is 4.79 Å². The van der Waals surface area contributed by atoms with Crippen LogP contribution in [0.4, 0.5) is 0 Å². The second kappa shape index (κ2) is 6.25. The van der Waals surface area contributed by atoms with Gasteiger partial charge < -0.3 is 9.64 Å². The molecule has 0 spiro atoms. The number of halogens is 2. The Kier molecular flexibility index (Phi) is 4.87. The molecular weight excluding hydrogens is 330 g/mol. The summed E-state index contributed by atoms with van der Waals surface area (Å²) < 4.78 is 6.18. The highest BCUT2D eigenvalue weighted by Gasteiger charge is 2.29. The van der Waals surface area contributed by atoms with Crippen molar-refractivity contribution in [2.45, 2.75) is 19.4 Å². The molecule has 1 aromatic carbocycles. The minimum absolute atomic E-state index is 0.0255. The molecule has 19 heavy (non-hydrogen) atoms. The molecule has 0 bridgehead atoms. The topological polar surface area (TPSA) is 29.5 Å². The first-order valence-corrected chi connectivity index (χ1v) is 7.47. The maximum Gasteiger partial charge on any atom is 0.255 e. The van der Waals surface area contributed by atoms with Crippen LogP contribution in [0.15, 0.2) is 22.7 Å². The summed E-state index contributed by atoms with van der Waals surface area (Å²) in [4.78, 5) is 14.3. The van der Waals surface area contributed by atoms with Gasteiger partial charge in [-0.15, -0.1) is 0 Å². The molecule has 2 rings (SSSR count). The Morgan fingerprint density at radius 1 is 1.53 bits per heavy atom. The number of carbonyl (C=O) groups is 1. The van der Waals surface area contributed by atoms with Crippen molar-refractivity contribution >= 4 is 33.4 Å². The van der Waals surface area contributed by atoms with E-state index in [0.717, 1.165) is 17.4 Å². The molecule has 0 N–H and O–H groups in total. The van der Waals surface area contributed by atoms with Crippen LogP contribution in [0.5, 0.6) is 0 Å². The van der Waals surface area contributed by atoms with Crippen LogP contribution in [0.25, 0.3) is 0 Å². The largest absolute Gasteiger partial charge is 0.379 e. The van der Waals surface area contributed by atoms with Crippen LogP contribution < -0.4 is 0 Å². The van der Waals surface area contributed by atoms with E-state index in [0.29, 0.717) is 23.0 Å². The predicted octanol–water partition coefficient (Wildman–Crippen LogP) is 3.60. The van der Waals surface area contributed by atoms with Gasteiger partial charge in [0, 0.05) is 29.7 Å². The van der Waals surface area contributed by atoms with E-state index in [4.69, 9.17) is 16.3 Å². The van der Waals surface area contributed by atoms with Gasteiger partial charge in [0.1, 0.15) is 0 Å². The van der Waals surface area contributed by atoms with Crippen molar-refractivity contribution < 1.29 is 9.53 Å². The SMILES string of the molecule is COC1CN(C(=O)c2ccc(Cl)cc2Br)CCC1C. The van der Waals surface area contributed by atoms with E-state index in [1.165, 1.54) is 0 Å². The highest BCUT2D eigenvalue weighted by molar-refractivity contribution is 9.10. The summed E-state index contributed by atoms with van der Waals surface area (Å²) in [6, 6.07) is 5.24. The number of carbonyl (C=O) groups excluding carboxylic acids is 1. The van der Waals surface area contributed by atoms with Crippen LogP contribution in [0.2, 0.25) is 5.02 Å². The number of benzene rings is 1. The Balaban J connectivity index is 2.15. The minimum Gasteiger partial charge on any atom is -0.379 e. The van der Waals surface area contributed by atoms with Crippen LogP contribution in [0, 0.1) is 5.92 Å². The van der Waals surface area contributed by atoms with E-state index in [9.17, 15) is 4.79 Å². The molecule has 3 nitrogen and oxygen atoms in total. The van der Waals surface area contributed by atoms with E-state index in [1.807, 2.05) is 4.90 Å². The fraction of sp³-hybridized carbons (Fsp3) is 0.500. The number of amides is 1. The van der Waals surface area contributed by atoms with Crippen LogP contribution >= 0.6 is 27.5 Å². The average molecular weight is 347 g/mol. The Morgan fingerprint density at radius 3 is 2.89 bits per heavy atom. The van der Waals surface area contributed by atoms with Gasteiger partial charge in [-0.1, -0.05) is 18.5 Å². The van der Waals surface area contributed by atoms with Gasteiger partial charge in [-0.25, -0.2) is 0 Å². The number of methoxy groups -OCH3 is 1. The van der Waals surface area contributed by atoms with Crippen LogP contribution in [0.1, 0.15) is 23.7 Å². The zero-order chi connectivity index (χ0) is 14.0. The zero-order valence-electron chi connectivity index (χ0n) is 11.0. The minimum atomic E-state index is 0.0255. The summed E-state index contributed by atoms with van der Waals surface area (Å²) >= 11 is 9.29. The first-order valence-electron chi connectivity index (χ1n) is 6.30. The monoisotopic (exact) mass is 345 g/mol. The first kappa shape index (κ1) is 14.8. The smallest absolute Gasteiger partial charge is 0.255 e. The fourth-order valence-electron chi connectivity index (χ4n) is 2.36. The summed E-state index contributed by atoms with van der Waals surface area (Å²) in [7, 11) is 1.70. The van der Waals surface area contributed by atoms with Crippen molar-refractivity contribution in [2.75, 3.05) is 20.2 Å². The molecule has 1 aliphatic rings. The van der Waals surface area contributed by atoms with Crippen LogP contribution in [-0.2, 0) is 4.74 Å². The second-order valence-corrected chi connectivity index (χ2v) is 6.21. The Bertz CT molecular complexity index is 481. The Hall–Kier alpha value is -0.580. The fourth-order valence-corrected chi connectivity index (χ4v) is 3.21. The number of nitrogens with zero attached hydrogens (tertiary/aromatic N) is 1. The number of likely N-dealkylation sites (tertiary alicyclic amines) is 1. The Labute approximate surface area is 127 Å².